The van der Waals surface area contributed by atoms with E-state index in [4.69, 9.17) is 23.7 Å². The maximum absolute atomic E-state index is 13.2. The predicted molar refractivity (Wildman–Crippen MR) is 128 cm³/mol. The Morgan fingerprint density at radius 3 is 2.09 bits per heavy atom. The first kappa shape index (κ1) is 26.6. The summed E-state index contributed by atoms with van der Waals surface area (Å²) in [5.41, 5.74) is 12.0. The summed E-state index contributed by atoms with van der Waals surface area (Å²) in [5, 5.41) is 2.57. The average Bonchev–Trinajstić information content (AvgIpc) is 3.10. The summed E-state index contributed by atoms with van der Waals surface area (Å²) in [6.45, 7) is 4.10. The van der Waals surface area contributed by atoms with Crippen LogP contribution >= 0.6 is 24.0 Å². The minimum absolute atomic E-state index is 0.0343. The van der Waals surface area contributed by atoms with Crippen LogP contribution in [0.25, 0.3) is 0 Å². The number of amides is 5. The van der Waals surface area contributed by atoms with Crippen LogP contribution in [0.3, 0.4) is 0 Å². The van der Waals surface area contributed by atoms with Crippen molar-refractivity contribution in [3.63, 3.8) is 0 Å². The Hall–Kier alpha value is -2.67. The molecular weight excluding hydrogens is 466 g/mol. The lowest BCUT2D eigenvalue weighted by molar-refractivity contribution is -0.153. The molecule has 1 fully saturated rings. The summed E-state index contributed by atoms with van der Waals surface area (Å²) >= 11 is 6.18. The van der Waals surface area contributed by atoms with E-state index < -0.39 is 53.7 Å². The van der Waals surface area contributed by atoms with Gasteiger partial charge in [0.2, 0.25) is 23.6 Å². The fourth-order valence-corrected chi connectivity index (χ4v) is 4.18. The van der Waals surface area contributed by atoms with Gasteiger partial charge in [-0.1, -0.05) is 54.3 Å². The van der Waals surface area contributed by atoms with Crippen molar-refractivity contribution in [2.24, 2.45) is 11.5 Å². The van der Waals surface area contributed by atoms with Gasteiger partial charge in [-0.3, -0.25) is 28.9 Å². The van der Waals surface area contributed by atoms with E-state index in [9.17, 15) is 24.0 Å². The van der Waals surface area contributed by atoms with Crippen molar-refractivity contribution in [3.05, 3.63) is 35.9 Å². The summed E-state index contributed by atoms with van der Waals surface area (Å²) < 4.78 is 0.103. The number of hydrogen-bond donors (Lipinski definition) is 3. The molecule has 0 unspecified atom stereocenters. The predicted octanol–water partition coefficient (Wildman–Crippen LogP) is -0.461. The van der Waals surface area contributed by atoms with E-state index >= 15 is 0 Å². The van der Waals surface area contributed by atoms with Crippen molar-refractivity contribution in [3.8, 4) is 0 Å². The Kier molecular flexibility index (Phi) is 9.23. The van der Waals surface area contributed by atoms with Gasteiger partial charge >= 0.3 is 0 Å². The van der Waals surface area contributed by atoms with E-state index in [2.05, 4.69) is 5.32 Å². The molecule has 0 aromatic heterocycles. The highest BCUT2D eigenvalue weighted by Gasteiger charge is 2.39. The highest BCUT2D eigenvalue weighted by atomic mass is 32.2. The monoisotopic (exact) mass is 493 g/mol. The zero-order valence-electron chi connectivity index (χ0n) is 18.5. The Morgan fingerprint density at radius 2 is 1.64 bits per heavy atom. The Balaban J connectivity index is 2.33. The number of rotatable bonds is 8. The molecule has 12 heteroatoms. The summed E-state index contributed by atoms with van der Waals surface area (Å²) in [7, 11) is 0. The smallest absolute Gasteiger partial charge is 0.257 e. The first-order valence-electron chi connectivity index (χ1n) is 10.2. The van der Waals surface area contributed by atoms with Crippen LogP contribution < -0.4 is 16.8 Å². The molecule has 5 N–H and O–H groups in total. The standard InChI is InChI=1S/C21H27N5O5S2/c1-11(22)18(29)25(19(30)12(2)23)13(3)17(28)24-15(9-14-7-5-4-6-8-14)20(31)26-16(27)10-33-21(26)32/h4-8,11-13,15H,9-10,22-23H2,1-3H3,(H,24,28)/t11-,12-,13-,15-/m0/s1. The topological polar surface area (TPSA) is 156 Å². The number of nitrogens with zero attached hydrogens (tertiary/aromatic N) is 2. The minimum atomic E-state index is -1.30. The molecule has 0 saturated carbocycles. The first-order valence-corrected chi connectivity index (χ1v) is 11.6. The van der Waals surface area contributed by atoms with Crippen molar-refractivity contribution in [2.45, 2.75) is 51.4 Å². The zero-order chi connectivity index (χ0) is 24.9. The Morgan fingerprint density at radius 1 is 1.09 bits per heavy atom. The molecule has 1 aromatic rings. The Bertz CT molecular complexity index is 918. The van der Waals surface area contributed by atoms with Crippen molar-refractivity contribution in [2.75, 3.05) is 5.75 Å². The molecule has 1 aromatic carbocycles. The Labute approximate surface area is 201 Å². The molecule has 33 heavy (non-hydrogen) atoms. The van der Waals surface area contributed by atoms with Crippen molar-refractivity contribution in [1.29, 1.82) is 0 Å². The summed E-state index contributed by atoms with van der Waals surface area (Å²) in [6, 6.07) is 4.29. The molecule has 1 aliphatic rings. The SMILES string of the molecule is C[C@H](N)C(=O)N(C(=O)[C@H](C)N)[C@@H](C)C(=O)N[C@@H](Cc1ccccc1)C(=O)N1C(=O)CSC1=S. The van der Waals surface area contributed by atoms with Crippen LogP contribution in [0.1, 0.15) is 26.3 Å². The van der Waals surface area contributed by atoms with Crippen LogP contribution in [0.5, 0.6) is 0 Å². The van der Waals surface area contributed by atoms with Crippen molar-refractivity contribution in [1.82, 2.24) is 15.1 Å². The number of carbonyl (C=O) groups is 5. The highest BCUT2D eigenvalue weighted by molar-refractivity contribution is 8.24. The summed E-state index contributed by atoms with van der Waals surface area (Å²) in [5.74, 6) is -3.47. The number of carbonyl (C=O) groups excluding carboxylic acids is 5. The first-order chi connectivity index (χ1) is 15.5. The molecular formula is C21H27N5O5S2. The van der Waals surface area contributed by atoms with Gasteiger partial charge in [0.15, 0.2) is 4.32 Å². The van der Waals surface area contributed by atoms with Crippen LogP contribution in [0.4, 0.5) is 0 Å². The molecule has 0 spiro atoms. The van der Waals surface area contributed by atoms with Gasteiger partial charge in [-0.25, -0.2) is 4.90 Å². The normalized spacial score (nSPS) is 17.2. The fourth-order valence-electron chi connectivity index (χ4n) is 3.11. The number of nitrogens with one attached hydrogen (secondary N) is 1. The fraction of sp³-hybridized carbons (Fsp3) is 0.429. The van der Waals surface area contributed by atoms with E-state index in [1.807, 2.05) is 0 Å². The zero-order valence-corrected chi connectivity index (χ0v) is 20.2. The molecule has 4 atom stereocenters. The van der Waals surface area contributed by atoms with Gasteiger partial charge in [0, 0.05) is 6.42 Å². The van der Waals surface area contributed by atoms with E-state index in [0.29, 0.717) is 4.90 Å². The maximum Gasteiger partial charge on any atom is 0.257 e. The van der Waals surface area contributed by atoms with Crippen LogP contribution in [-0.4, -0.2) is 73.6 Å². The average molecular weight is 494 g/mol. The second-order valence-corrected chi connectivity index (χ2v) is 9.28. The third-order valence-electron chi connectivity index (χ3n) is 4.89. The molecule has 10 nitrogen and oxygen atoms in total. The molecule has 5 amide bonds. The van der Waals surface area contributed by atoms with E-state index in [1.165, 1.54) is 20.8 Å². The molecule has 0 radical (unpaired) electrons. The van der Waals surface area contributed by atoms with E-state index in [-0.39, 0.29) is 16.5 Å². The van der Waals surface area contributed by atoms with Gasteiger partial charge in [0.25, 0.3) is 5.91 Å². The number of nitrogens with two attached hydrogens (primary N) is 2. The lowest BCUT2D eigenvalue weighted by atomic mass is 10.0. The molecule has 0 aliphatic carbocycles. The number of thiocarbonyl (C=S) groups is 1. The number of thioether (sulfide) groups is 1. The largest absolute Gasteiger partial charge is 0.342 e. The molecule has 1 heterocycles. The number of imide groups is 2. The third kappa shape index (κ3) is 6.44. The minimum Gasteiger partial charge on any atom is -0.342 e. The van der Waals surface area contributed by atoms with Crippen LogP contribution in [0, 0.1) is 0 Å². The van der Waals surface area contributed by atoms with Crippen LogP contribution in [0.15, 0.2) is 30.3 Å². The van der Waals surface area contributed by atoms with Gasteiger partial charge < -0.3 is 16.8 Å². The van der Waals surface area contributed by atoms with E-state index in [1.54, 1.807) is 30.3 Å². The van der Waals surface area contributed by atoms with Gasteiger partial charge in [-0.15, -0.1) is 0 Å². The highest BCUT2D eigenvalue weighted by Crippen LogP contribution is 2.21. The van der Waals surface area contributed by atoms with Gasteiger partial charge in [-0.2, -0.15) is 0 Å². The molecule has 1 aliphatic heterocycles. The summed E-state index contributed by atoms with van der Waals surface area (Å²) in [6.07, 6.45) is 0.0671. The third-order valence-corrected chi connectivity index (χ3v) is 6.25. The van der Waals surface area contributed by atoms with Gasteiger partial charge in [-0.05, 0) is 26.3 Å². The lowest BCUT2D eigenvalue weighted by Gasteiger charge is -2.31. The second kappa shape index (κ2) is 11.5. The lowest BCUT2D eigenvalue weighted by Crippen LogP contribution is -2.60. The van der Waals surface area contributed by atoms with Crippen LogP contribution in [0.2, 0.25) is 0 Å². The van der Waals surface area contributed by atoms with Gasteiger partial charge in [0.05, 0.1) is 17.8 Å². The molecule has 178 valence electrons. The van der Waals surface area contributed by atoms with Gasteiger partial charge in [0.1, 0.15) is 12.1 Å². The van der Waals surface area contributed by atoms with Crippen molar-refractivity contribution < 1.29 is 24.0 Å². The second-order valence-electron chi connectivity index (χ2n) is 7.67. The maximum atomic E-state index is 13.2. The molecule has 1 saturated heterocycles. The van der Waals surface area contributed by atoms with Crippen LogP contribution in [-0.2, 0) is 30.4 Å². The number of benzene rings is 1. The summed E-state index contributed by atoms with van der Waals surface area (Å²) in [4.78, 5) is 65.1. The quantitative estimate of drug-likeness (QED) is 0.408. The molecule has 0 bridgehead atoms. The molecule has 2 rings (SSSR count). The van der Waals surface area contributed by atoms with E-state index in [0.717, 1.165) is 22.2 Å². The number of hydrogen-bond acceptors (Lipinski definition) is 9. The van der Waals surface area contributed by atoms with Crippen molar-refractivity contribution >= 4 is 57.8 Å².